The number of aromatic nitrogens is 2. The first-order valence-corrected chi connectivity index (χ1v) is 9.89. The second-order valence-electron chi connectivity index (χ2n) is 6.67. The molecule has 3 rings (SSSR count). The Labute approximate surface area is 116 Å². The van der Waals surface area contributed by atoms with Crippen molar-refractivity contribution in [3.63, 3.8) is 0 Å². The molecule has 0 spiro atoms. The zero-order valence-electron chi connectivity index (χ0n) is 12.7. The van der Waals surface area contributed by atoms with Crippen molar-refractivity contribution in [2.75, 3.05) is 0 Å². The minimum atomic E-state index is -1.66. The number of rotatable bonds is 0. The van der Waals surface area contributed by atoms with Crippen LogP contribution in [0.4, 0.5) is 0 Å². The Hall–Kier alpha value is -1.35. The Morgan fingerprint density at radius 2 is 1.74 bits per heavy atom. The molecule has 2 nitrogen and oxygen atoms in total. The Balaban J connectivity index is 2.47. The van der Waals surface area contributed by atoms with Gasteiger partial charge < -0.3 is 4.23 Å². The fraction of sp³-hybridized carbons (Fsp3) is 0.438. The van der Waals surface area contributed by atoms with Crippen LogP contribution in [0.5, 0.6) is 0 Å². The molecular weight excluding hydrogens is 248 g/mol. The van der Waals surface area contributed by atoms with E-state index >= 15 is 0 Å². The van der Waals surface area contributed by atoms with Gasteiger partial charge in [0.25, 0.3) is 0 Å². The molecule has 100 valence electrons. The van der Waals surface area contributed by atoms with Crippen molar-refractivity contribution in [3.8, 4) is 11.4 Å². The molecule has 1 aromatic heterocycles. The molecule has 0 fully saturated rings. The van der Waals surface area contributed by atoms with Crippen LogP contribution in [0, 0.1) is 13.8 Å². The summed E-state index contributed by atoms with van der Waals surface area (Å²) in [6, 6.07) is 8.78. The molecule has 0 unspecified atom stereocenters. The molecule has 0 aliphatic carbocycles. The minimum Gasteiger partial charge on any atom is -0.355 e. The fourth-order valence-electron chi connectivity index (χ4n) is 3.31. The molecular formula is C16H22N2Si. The second-order valence-corrected chi connectivity index (χ2v) is 11.5. The zero-order chi connectivity index (χ0) is 14.0. The highest BCUT2D eigenvalue weighted by Crippen LogP contribution is 2.46. The van der Waals surface area contributed by atoms with E-state index in [1.165, 1.54) is 28.3 Å². The van der Waals surface area contributed by atoms with Gasteiger partial charge in [-0.3, -0.25) is 0 Å². The van der Waals surface area contributed by atoms with Crippen molar-refractivity contribution in [1.29, 1.82) is 0 Å². The Bertz CT molecular complexity index is 665. The van der Waals surface area contributed by atoms with Crippen LogP contribution in [0.2, 0.25) is 13.1 Å². The van der Waals surface area contributed by atoms with E-state index in [0.29, 0.717) is 0 Å². The van der Waals surface area contributed by atoms with Gasteiger partial charge in [-0.15, -0.1) is 0 Å². The van der Waals surface area contributed by atoms with E-state index in [9.17, 15) is 0 Å². The average Bonchev–Trinajstić information content (AvgIpc) is 2.65. The van der Waals surface area contributed by atoms with Crippen LogP contribution in [-0.4, -0.2) is 17.5 Å². The molecule has 0 amide bonds. The molecule has 0 saturated heterocycles. The summed E-state index contributed by atoms with van der Waals surface area (Å²) in [5.41, 5.74) is 5.29. The van der Waals surface area contributed by atoms with Crippen molar-refractivity contribution in [3.05, 3.63) is 41.2 Å². The Morgan fingerprint density at radius 1 is 1.11 bits per heavy atom. The summed E-state index contributed by atoms with van der Waals surface area (Å²) in [5.74, 6) is 1.18. The normalized spacial score (nSPS) is 18.8. The summed E-state index contributed by atoms with van der Waals surface area (Å²) in [6.45, 7) is 14.1. The molecule has 0 radical (unpaired) electrons. The predicted octanol–water partition coefficient (Wildman–Crippen LogP) is 4.05. The van der Waals surface area contributed by atoms with Crippen LogP contribution in [0.3, 0.4) is 0 Å². The quantitative estimate of drug-likeness (QED) is 0.660. The van der Waals surface area contributed by atoms with Gasteiger partial charge in [0.1, 0.15) is 5.82 Å². The lowest BCUT2D eigenvalue weighted by atomic mass is 9.95. The first-order valence-electron chi connectivity index (χ1n) is 6.95. The monoisotopic (exact) mass is 270 g/mol. The van der Waals surface area contributed by atoms with Gasteiger partial charge in [-0.1, -0.05) is 51.2 Å². The van der Waals surface area contributed by atoms with Gasteiger partial charge in [0, 0.05) is 16.3 Å². The molecule has 1 aliphatic rings. The van der Waals surface area contributed by atoms with Crippen molar-refractivity contribution in [2.45, 2.75) is 45.8 Å². The third-order valence-electron chi connectivity index (χ3n) is 5.27. The van der Waals surface area contributed by atoms with Gasteiger partial charge in [-0.2, -0.15) is 0 Å². The van der Waals surface area contributed by atoms with Crippen LogP contribution >= 0.6 is 0 Å². The van der Waals surface area contributed by atoms with Crippen molar-refractivity contribution < 1.29 is 0 Å². The lowest BCUT2D eigenvalue weighted by Gasteiger charge is -2.46. The molecule has 0 bridgehead atoms. The number of aryl methyl sites for hydroxylation is 1. The third kappa shape index (κ3) is 1.39. The summed E-state index contributed by atoms with van der Waals surface area (Å²) in [6.07, 6.45) is 0. The van der Waals surface area contributed by atoms with Crippen molar-refractivity contribution in [2.24, 2.45) is 0 Å². The smallest absolute Gasteiger partial charge is 0.168 e. The van der Waals surface area contributed by atoms with Crippen LogP contribution in [-0.2, 0) is 5.04 Å². The van der Waals surface area contributed by atoms with Gasteiger partial charge in [0.15, 0.2) is 8.24 Å². The molecule has 0 saturated carbocycles. The largest absolute Gasteiger partial charge is 0.355 e. The van der Waals surface area contributed by atoms with Gasteiger partial charge in [-0.25, -0.2) is 4.98 Å². The topological polar surface area (TPSA) is 17.8 Å². The van der Waals surface area contributed by atoms with E-state index in [4.69, 9.17) is 4.98 Å². The summed E-state index contributed by atoms with van der Waals surface area (Å²) in [4.78, 5) is 4.85. The number of fused-ring (bicyclic) bond motifs is 3. The van der Waals surface area contributed by atoms with E-state index in [-0.39, 0.29) is 5.04 Å². The van der Waals surface area contributed by atoms with E-state index in [1.54, 1.807) is 0 Å². The van der Waals surface area contributed by atoms with Crippen LogP contribution < -0.4 is 0 Å². The molecule has 0 N–H and O–H groups in total. The zero-order valence-corrected chi connectivity index (χ0v) is 13.7. The number of benzene rings is 1. The molecule has 2 heterocycles. The first-order chi connectivity index (χ1) is 8.78. The van der Waals surface area contributed by atoms with Crippen LogP contribution in [0.25, 0.3) is 11.4 Å². The SMILES string of the molecule is Cc1nc2n(c1C)[Si](C)(C)C(C)(C)c1ccccc1-2. The van der Waals surface area contributed by atoms with Crippen molar-refractivity contribution >= 4 is 8.24 Å². The van der Waals surface area contributed by atoms with E-state index in [2.05, 4.69) is 69.3 Å². The lowest BCUT2D eigenvalue weighted by molar-refractivity contribution is 0.681. The Kier molecular flexibility index (Phi) is 2.40. The van der Waals surface area contributed by atoms with E-state index < -0.39 is 8.24 Å². The third-order valence-corrected chi connectivity index (χ3v) is 10.3. The van der Waals surface area contributed by atoms with E-state index in [0.717, 1.165) is 0 Å². The molecule has 0 atom stereocenters. The maximum Gasteiger partial charge on any atom is 0.168 e. The molecule has 1 aromatic carbocycles. The van der Waals surface area contributed by atoms with E-state index in [1.807, 2.05) is 0 Å². The number of hydrogen-bond acceptors (Lipinski definition) is 1. The van der Waals surface area contributed by atoms with Crippen LogP contribution in [0.1, 0.15) is 30.8 Å². The van der Waals surface area contributed by atoms with Gasteiger partial charge >= 0.3 is 0 Å². The van der Waals surface area contributed by atoms with Gasteiger partial charge in [0.2, 0.25) is 0 Å². The summed E-state index contributed by atoms with van der Waals surface area (Å²) in [7, 11) is -1.66. The highest BCUT2D eigenvalue weighted by atomic mass is 28.3. The van der Waals surface area contributed by atoms with Gasteiger partial charge in [0.05, 0.1) is 5.69 Å². The maximum atomic E-state index is 4.85. The molecule has 3 heteroatoms. The lowest BCUT2D eigenvalue weighted by Crippen LogP contribution is -2.57. The summed E-state index contributed by atoms with van der Waals surface area (Å²) < 4.78 is 2.56. The average molecular weight is 270 g/mol. The fourth-order valence-corrected chi connectivity index (χ4v) is 6.44. The first kappa shape index (κ1) is 12.7. The molecule has 1 aliphatic heterocycles. The summed E-state index contributed by atoms with van der Waals surface area (Å²) >= 11 is 0. The highest BCUT2D eigenvalue weighted by Gasteiger charge is 2.49. The summed E-state index contributed by atoms with van der Waals surface area (Å²) in [5, 5.41) is 0.217. The second kappa shape index (κ2) is 3.60. The molecule has 19 heavy (non-hydrogen) atoms. The standard InChI is InChI=1S/C16H22N2Si/c1-11-12(2)18-15(17-11)13-9-7-8-10-14(13)16(3,4)19(18,5)6/h7-10H,1-6H3. The maximum absolute atomic E-state index is 4.85. The highest BCUT2D eigenvalue weighted by molar-refractivity contribution is 6.79. The minimum absolute atomic E-state index is 0.217. The Morgan fingerprint density at radius 3 is 2.42 bits per heavy atom. The van der Waals surface area contributed by atoms with Crippen molar-refractivity contribution in [1.82, 2.24) is 9.22 Å². The number of hydrogen-bond donors (Lipinski definition) is 0. The molecule has 2 aromatic rings. The van der Waals surface area contributed by atoms with Crippen LogP contribution in [0.15, 0.2) is 24.3 Å². The predicted molar refractivity (Wildman–Crippen MR) is 83.0 cm³/mol. The number of nitrogens with zero attached hydrogens (tertiary/aromatic N) is 2. The number of imidazole rings is 1. The van der Waals surface area contributed by atoms with Gasteiger partial charge in [-0.05, 0) is 19.4 Å².